The lowest BCUT2D eigenvalue weighted by Crippen LogP contribution is -2.27. The summed E-state index contributed by atoms with van der Waals surface area (Å²) in [5, 5.41) is 8.15. The first kappa shape index (κ1) is 22.0. The zero-order valence-electron chi connectivity index (χ0n) is 18.6. The highest BCUT2D eigenvalue weighted by Crippen LogP contribution is 2.43. The average molecular weight is 408 g/mol. The molecule has 0 aromatic rings. The van der Waals surface area contributed by atoms with E-state index in [1.165, 1.54) is 5.57 Å². The van der Waals surface area contributed by atoms with Crippen LogP contribution >= 0.6 is 0 Å². The van der Waals surface area contributed by atoms with Crippen LogP contribution in [0.4, 0.5) is 0 Å². The standard InChI is InChI=1S/C25H33N3O2/c1-15-10-11-19-20(15)13-21(25(19)27)22(14-30-17(3)12-16(2)29-5)18(4)28-24-9-7-6-8-23(24)26/h6-13,15-16,18,20,22,26H,14,27H2,1-5H3/b17-12-,26-23?,28-24+/t15-,16?,18?,20?,22?/m0/s1. The van der Waals surface area contributed by atoms with E-state index in [1.54, 1.807) is 13.2 Å². The molecule has 0 amide bonds. The predicted molar refractivity (Wildman–Crippen MR) is 124 cm³/mol. The van der Waals surface area contributed by atoms with Gasteiger partial charge in [-0.25, -0.2) is 0 Å². The molecule has 160 valence electrons. The first-order chi connectivity index (χ1) is 14.3. The smallest absolute Gasteiger partial charge is 0.0966 e. The molecular weight excluding hydrogens is 374 g/mol. The molecule has 0 aliphatic heterocycles. The van der Waals surface area contributed by atoms with Crippen molar-refractivity contribution in [2.24, 2.45) is 28.5 Å². The maximum absolute atomic E-state index is 8.15. The number of hydrogen-bond donors (Lipinski definition) is 2. The Bertz CT molecular complexity index is 901. The number of rotatable bonds is 8. The minimum Gasteiger partial charge on any atom is -0.498 e. The van der Waals surface area contributed by atoms with E-state index in [0.29, 0.717) is 29.9 Å². The van der Waals surface area contributed by atoms with Crippen molar-refractivity contribution in [2.75, 3.05) is 13.7 Å². The van der Waals surface area contributed by atoms with E-state index < -0.39 is 0 Å². The first-order valence-electron chi connectivity index (χ1n) is 10.6. The summed E-state index contributed by atoms with van der Waals surface area (Å²) in [6.07, 6.45) is 16.0. The number of methoxy groups -OCH3 is 1. The summed E-state index contributed by atoms with van der Waals surface area (Å²) in [5.41, 5.74) is 10.9. The second kappa shape index (κ2) is 9.43. The van der Waals surface area contributed by atoms with Gasteiger partial charge in [-0.1, -0.05) is 37.3 Å². The Balaban J connectivity index is 1.87. The third-order valence-corrected chi connectivity index (χ3v) is 6.05. The van der Waals surface area contributed by atoms with Crippen molar-refractivity contribution in [3.05, 3.63) is 71.2 Å². The van der Waals surface area contributed by atoms with Crippen molar-refractivity contribution in [1.82, 2.24) is 0 Å². The first-order valence-corrected chi connectivity index (χ1v) is 10.6. The van der Waals surface area contributed by atoms with Gasteiger partial charge in [0.05, 0.1) is 35.9 Å². The van der Waals surface area contributed by atoms with Crippen molar-refractivity contribution in [3.8, 4) is 0 Å². The minimum absolute atomic E-state index is 0.00972. The number of hydrogen-bond acceptors (Lipinski definition) is 5. The Kier molecular flexibility index (Phi) is 6.93. The Morgan fingerprint density at radius 2 is 2.00 bits per heavy atom. The molecule has 5 heteroatoms. The SMILES string of the molecule is COC(C)/C=C(/C)OCC(C1=CC2C(=C1N)C=C[C@@H]2C)C(C)/N=C1\C=CC=CC1=N. The molecule has 3 N–H and O–H groups in total. The van der Waals surface area contributed by atoms with E-state index in [9.17, 15) is 0 Å². The molecule has 0 bridgehead atoms. The van der Waals surface area contributed by atoms with Crippen LogP contribution < -0.4 is 5.73 Å². The Labute approximate surface area is 179 Å². The highest BCUT2D eigenvalue weighted by atomic mass is 16.5. The second-order valence-corrected chi connectivity index (χ2v) is 8.26. The summed E-state index contributed by atoms with van der Waals surface area (Å²) < 4.78 is 11.4. The molecule has 5 atom stereocenters. The van der Waals surface area contributed by atoms with Crippen molar-refractivity contribution < 1.29 is 9.47 Å². The van der Waals surface area contributed by atoms with Crippen LogP contribution in [0.1, 0.15) is 27.7 Å². The molecule has 5 nitrogen and oxygen atoms in total. The molecule has 0 saturated heterocycles. The van der Waals surface area contributed by atoms with Crippen LogP contribution in [-0.2, 0) is 9.47 Å². The van der Waals surface area contributed by atoms with Crippen LogP contribution in [0.15, 0.2) is 76.2 Å². The van der Waals surface area contributed by atoms with E-state index in [0.717, 1.165) is 17.0 Å². The summed E-state index contributed by atoms with van der Waals surface area (Å²) in [4.78, 5) is 4.86. The number of aliphatic imine (C=N–C) groups is 1. The molecule has 0 aromatic carbocycles. The number of nitrogens with zero attached hydrogens (tertiary/aromatic N) is 1. The van der Waals surface area contributed by atoms with Gasteiger partial charge >= 0.3 is 0 Å². The van der Waals surface area contributed by atoms with Crippen LogP contribution in [-0.4, -0.2) is 37.3 Å². The molecule has 0 aromatic heterocycles. The molecule has 3 aliphatic carbocycles. The van der Waals surface area contributed by atoms with Crippen LogP contribution in [0.5, 0.6) is 0 Å². The number of nitrogens with one attached hydrogen (secondary N) is 1. The van der Waals surface area contributed by atoms with Gasteiger partial charge in [-0.05, 0) is 56.1 Å². The van der Waals surface area contributed by atoms with E-state index in [1.807, 2.05) is 38.2 Å². The number of nitrogens with two attached hydrogens (primary N) is 1. The van der Waals surface area contributed by atoms with Gasteiger partial charge in [-0.2, -0.15) is 0 Å². The van der Waals surface area contributed by atoms with Gasteiger partial charge in [0.15, 0.2) is 0 Å². The molecule has 0 saturated carbocycles. The number of allylic oxidation sites excluding steroid dienone is 10. The molecule has 0 heterocycles. The molecule has 0 radical (unpaired) electrons. The average Bonchev–Trinajstić information content (AvgIpc) is 3.24. The lowest BCUT2D eigenvalue weighted by atomic mass is 9.90. The zero-order chi connectivity index (χ0) is 21.8. The van der Waals surface area contributed by atoms with E-state index in [2.05, 4.69) is 32.1 Å². The number of ether oxygens (including phenoxy) is 2. The van der Waals surface area contributed by atoms with Gasteiger partial charge in [0.2, 0.25) is 0 Å². The van der Waals surface area contributed by atoms with E-state index in [-0.39, 0.29) is 18.1 Å². The Morgan fingerprint density at radius 3 is 2.67 bits per heavy atom. The van der Waals surface area contributed by atoms with Gasteiger partial charge in [0.25, 0.3) is 0 Å². The lowest BCUT2D eigenvalue weighted by Gasteiger charge is -2.25. The van der Waals surface area contributed by atoms with Gasteiger partial charge in [0.1, 0.15) is 0 Å². The quantitative estimate of drug-likeness (QED) is 0.459. The van der Waals surface area contributed by atoms with Gasteiger partial charge in [0, 0.05) is 24.6 Å². The molecular formula is C25H33N3O2. The molecule has 3 rings (SSSR count). The highest BCUT2D eigenvalue weighted by molar-refractivity contribution is 6.50. The summed E-state index contributed by atoms with van der Waals surface area (Å²) in [6, 6.07) is -0.0901. The fourth-order valence-corrected chi connectivity index (χ4v) is 4.11. The summed E-state index contributed by atoms with van der Waals surface area (Å²) in [7, 11) is 1.68. The normalized spacial score (nSPS) is 27.5. The van der Waals surface area contributed by atoms with Crippen LogP contribution in [0.3, 0.4) is 0 Å². The Morgan fingerprint density at radius 1 is 1.27 bits per heavy atom. The third kappa shape index (κ3) is 4.73. The summed E-state index contributed by atoms with van der Waals surface area (Å²) in [6.45, 7) is 8.68. The molecule has 4 unspecified atom stereocenters. The van der Waals surface area contributed by atoms with Crippen molar-refractivity contribution in [1.29, 1.82) is 5.41 Å². The fraction of sp³-hybridized carbons (Fsp3) is 0.440. The monoisotopic (exact) mass is 407 g/mol. The lowest BCUT2D eigenvalue weighted by molar-refractivity contribution is 0.138. The van der Waals surface area contributed by atoms with Crippen molar-refractivity contribution in [2.45, 2.75) is 39.8 Å². The van der Waals surface area contributed by atoms with E-state index in [4.69, 9.17) is 25.6 Å². The van der Waals surface area contributed by atoms with Gasteiger partial charge in [-0.3, -0.25) is 10.4 Å². The fourth-order valence-electron chi connectivity index (χ4n) is 4.11. The van der Waals surface area contributed by atoms with Crippen LogP contribution in [0.25, 0.3) is 0 Å². The van der Waals surface area contributed by atoms with Gasteiger partial charge < -0.3 is 15.2 Å². The maximum Gasteiger partial charge on any atom is 0.0966 e. The zero-order valence-corrected chi connectivity index (χ0v) is 18.6. The summed E-state index contributed by atoms with van der Waals surface area (Å²) in [5.74, 6) is 1.59. The molecule has 30 heavy (non-hydrogen) atoms. The molecule has 3 aliphatic rings. The van der Waals surface area contributed by atoms with E-state index >= 15 is 0 Å². The van der Waals surface area contributed by atoms with Crippen molar-refractivity contribution >= 4 is 11.4 Å². The largest absolute Gasteiger partial charge is 0.498 e. The molecule has 0 fully saturated rings. The van der Waals surface area contributed by atoms with Crippen molar-refractivity contribution in [3.63, 3.8) is 0 Å². The second-order valence-electron chi connectivity index (χ2n) is 8.26. The van der Waals surface area contributed by atoms with Crippen LogP contribution in [0.2, 0.25) is 0 Å². The highest BCUT2D eigenvalue weighted by Gasteiger charge is 2.35. The Hall–Kier alpha value is -2.66. The number of fused-ring (bicyclic) bond motifs is 1. The van der Waals surface area contributed by atoms with Crippen LogP contribution in [0, 0.1) is 23.2 Å². The minimum atomic E-state index is -0.0901. The van der Waals surface area contributed by atoms with Gasteiger partial charge in [-0.15, -0.1) is 0 Å². The summed E-state index contributed by atoms with van der Waals surface area (Å²) >= 11 is 0. The topological polar surface area (TPSA) is 80.7 Å². The maximum atomic E-state index is 8.15. The third-order valence-electron chi connectivity index (χ3n) is 6.05. The molecule has 0 spiro atoms. The predicted octanol–water partition coefficient (Wildman–Crippen LogP) is 4.51.